The van der Waals surface area contributed by atoms with Gasteiger partial charge < -0.3 is 15.2 Å². The molecule has 2 N–H and O–H groups in total. The molecule has 1 fully saturated rings. The first-order valence-corrected chi connectivity index (χ1v) is 7.14. The maximum Gasteiger partial charge on any atom is 0.253 e. The summed E-state index contributed by atoms with van der Waals surface area (Å²) in [4.78, 5) is 12.0. The summed E-state index contributed by atoms with van der Waals surface area (Å²) in [6, 6.07) is 6.70. The molecule has 0 radical (unpaired) electrons. The molecule has 4 nitrogen and oxygen atoms in total. The number of methoxy groups -OCH3 is 1. The van der Waals surface area contributed by atoms with Crippen LogP contribution in [0, 0.1) is 5.41 Å². The highest BCUT2D eigenvalue weighted by Gasteiger charge is 2.37. The van der Waals surface area contributed by atoms with Crippen molar-refractivity contribution in [3.05, 3.63) is 34.9 Å². The Kier molecular flexibility index (Phi) is 5.02. The largest absolute Gasteiger partial charge is 0.384 e. The third-order valence-corrected chi connectivity index (χ3v) is 4.15. The molecule has 1 unspecified atom stereocenters. The first-order chi connectivity index (χ1) is 9.56. The van der Waals surface area contributed by atoms with Crippen molar-refractivity contribution in [2.45, 2.75) is 25.4 Å². The van der Waals surface area contributed by atoms with E-state index in [1.54, 1.807) is 31.4 Å². The Hall–Kier alpha value is -1.10. The van der Waals surface area contributed by atoms with Crippen LogP contribution < -0.4 is 5.32 Å². The molecular formula is C15H20ClNO3. The summed E-state index contributed by atoms with van der Waals surface area (Å²) in [6.45, 7) is 1.18. The van der Waals surface area contributed by atoms with Gasteiger partial charge in [-0.15, -0.1) is 0 Å². The second-order valence-electron chi connectivity index (χ2n) is 5.46. The van der Waals surface area contributed by atoms with Crippen LogP contribution in [0.2, 0.25) is 5.02 Å². The number of rotatable bonds is 6. The third-order valence-electron chi connectivity index (χ3n) is 3.92. The minimum absolute atomic E-state index is 0.0401. The Morgan fingerprint density at radius 2 is 2.30 bits per heavy atom. The highest BCUT2D eigenvalue weighted by atomic mass is 35.5. The van der Waals surface area contributed by atoms with Gasteiger partial charge in [0.15, 0.2) is 6.10 Å². The van der Waals surface area contributed by atoms with Crippen molar-refractivity contribution < 1.29 is 14.6 Å². The summed E-state index contributed by atoms with van der Waals surface area (Å²) >= 11 is 5.86. The van der Waals surface area contributed by atoms with Gasteiger partial charge in [-0.3, -0.25) is 4.79 Å². The van der Waals surface area contributed by atoms with E-state index < -0.39 is 12.0 Å². The Bertz CT molecular complexity index is 474. The van der Waals surface area contributed by atoms with Crippen LogP contribution in [0.1, 0.15) is 30.9 Å². The van der Waals surface area contributed by atoms with Crippen molar-refractivity contribution in [1.29, 1.82) is 0 Å². The quantitative estimate of drug-likeness (QED) is 0.847. The van der Waals surface area contributed by atoms with E-state index in [4.69, 9.17) is 16.3 Å². The van der Waals surface area contributed by atoms with E-state index in [-0.39, 0.29) is 5.41 Å². The molecule has 0 bridgehead atoms. The third kappa shape index (κ3) is 3.51. The fraction of sp³-hybridized carbons (Fsp3) is 0.533. The first kappa shape index (κ1) is 15.3. The molecule has 1 saturated carbocycles. The summed E-state index contributed by atoms with van der Waals surface area (Å²) in [5, 5.41) is 13.3. The zero-order valence-electron chi connectivity index (χ0n) is 11.6. The Morgan fingerprint density at radius 3 is 2.85 bits per heavy atom. The molecule has 0 spiro atoms. The lowest BCUT2D eigenvalue weighted by molar-refractivity contribution is -0.130. The smallest absolute Gasteiger partial charge is 0.253 e. The number of aliphatic hydroxyl groups excluding tert-OH is 1. The molecule has 20 heavy (non-hydrogen) atoms. The summed E-state index contributed by atoms with van der Waals surface area (Å²) in [6.07, 6.45) is 2.08. The standard InChI is InChI=1S/C15H20ClNO3/c1-20-10-15(6-3-7-15)9-17-14(19)13(18)11-4-2-5-12(16)8-11/h2,4-5,8,13,18H,3,6-7,9-10H2,1H3,(H,17,19). The molecule has 0 heterocycles. The number of ether oxygens (including phenoxy) is 1. The number of halogens is 1. The van der Waals surface area contributed by atoms with Crippen molar-refractivity contribution in [2.24, 2.45) is 5.41 Å². The average Bonchev–Trinajstić information content (AvgIpc) is 2.40. The van der Waals surface area contributed by atoms with Gasteiger partial charge in [0.1, 0.15) is 0 Å². The van der Waals surface area contributed by atoms with Crippen LogP contribution in [0.15, 0.2) is 24.3 Å². The minimum atomic E-state index is -1.19. The predicted molar refractivity (Wildman–Crippen MR) is 77.6 cm³/mol. The summed E-state index contributed by atoms with van der Waals surface area (Å²) in [5.41, 5.74) is 0.544. The SMILES string of the molecule is COCC1(CNC(=O)C(O)c2cccc(Cl)c2)CCC1. The molecule has 1 atom stereocenters. The van der Waals surface area contributed by atoms with Crippen molar-refractivity contribution in [1.82, 2.24) is 5.32 Å². The lowest BCUT2D eigenvalue weighted by atomic mass is 9.69. The Balaban J connectivity index is 1.91. The zero-order chi connectivity index (χ0) is 14.6. The molecule has 5 heteroatoms. The molecule has 1 aromatic carbocycles. The Morgan fingerprint density at radius 1 is 1.55 bits per heavy atom. The number of benzene rings is 1. The van der Waals surface area contributed by atoms with E-state index in [1.165, 1.54) is 0 Å². The maximum atomic E-state index is 12.0. The molecule has 0 aliphatic heterocycles. The van der Waals surface area contributed by atoms with Crippen LogP contribution in [-0.2, 0) is 9.53 Å². The van der Waals surface area contributed by atoms with E-state index in [2.05, 4.69) is 5.32 Å². The van der Waals surface area contributed by atoms with Crippen LogP contribution >= 0.6 is 11.6 Å². The van der Waals surface area contributed by atoms with Crippen LogP contribution in [0.5, 0.6) is 0 Å². The molecule has 0 saturated heterocycles. The van der Waals surface area contributed by atoms with Gasteiger partial charge in [0.2, 0.25) is 0 Å². The fourth-order valence-corrected chi connectivity index (χ4v) is 2.75. The van der Waals surface area contributed by atoms with Crippen LogP contribution in [0.3, 0.4) is 0 Å². The van der Waals surface area contributed by atoms with Gasteiger partial charge >= 0.3 is 0 Å². The van der Waals surface area contributed by atoms with Gasteiger partial charge in [0.05, 0.1) is 6.61 Å². The second kappa shape index (κ2) is 6.57. The van der Waals surface area contributed by atoms with Crippen molar-refractivity contribution in [3.8, 4) is 0 Å². The highest BCUT2D eigenvalue weighted by molar-refractivity contribution is 6.30. The molecule has 0 aromatic heterocycles. The molecule has 1 aliphatic rings. The van der Waals surface area contributed by atoms with Gasteiger partial charge in [-0.25, -0.2) is 0 Å². The van der Waals surface area contributed by atoms with Crippen LogP contribution in [0.4, 0.5) is 0 Å². The lowest BCUT2D eigenvalue weighted by Crippen LogP contribution is -2.46. The molecule has 1 aliphatic carbocycles. The zero-order valence-corrected chi connectivity index (χ0v) is 12.3. The second-order valence-corrected chi connectivity index (χ2v) is 5.90. The highest BCUT2D eigenvalue weighted by Crippen LogP contribution is 2.40. The Labute approximate surface area is 124 Å². The predicted octanol–water partition coefficient (Wildman–Crippen LogP) is 2.31. The van der Waals surface area contributed by atoms with Gasteiger partial charge in [-0.05, 0) is 30.5 Å². The molecule has 1 aromatic rings. The maximum absolute atomic E-state index is 12.0. The minimum Gasteiger partial charge on any atom is -0.384 e. The monoisotopic (exact) mass is 297 g/mol. The number of carbonyl (C=O) groups excluding carboxylic acids is 1. The normalized spacial score (nSPS) is 18.1. The molecule has 2 rings (SSSR count). The van der Waals surface area contributed by atoms with Crippen LogP contribution in [0.25, 0.3) is 0 Å². The number of nitrogens with one attached hydrogen (secondary N) is 1. The topological polar surface area (TPSA) is 58.6 Å². The fourth-order valence-electron chi connectivity index (χ4n) is 2.55. The van der Waals surface area contributed by atoms with E-state index >= 15 is 0 Å². The van der Waals surface area contributed by atoms with Gasteiger partial charge in [-0.1, -0.05) is 30.2 Å². The van der Waals surface area contributed by atoms with E-state index in [0.29, 0.717) is 23.7 Å². The molecule has 1 amide bonds. The molecular weight excluding hydrogens is 278 g/mol. The van der Waals surface area contributed by atoms with E-state index in [0.717, 1.165) is 19.3 Å². The lowest BCUT2D eigenvalue weighted by Gasteiger charge is -2.41. The number of aliphatic hydroxyl groups is 1. The van der Waals surface area contributed by atoms with E-state index in [9.17, 15) is 9.90 Å². The van der Waals surface area contributed by atoms with Crippen molar-refractivity contribution in [3.63, 3.8) is 0 Å². The number of hydrogen-bond acceptors (Lipinski definition) is 3. The molecule has 110 valence electrons. The number of amides is 1. The van der Waals surface area contributed by atoms with Crippen LogP contribution in [-0.4, -0.2) is 31.3 Å². The first-order valence-electron chi connectivity index (χ1n) is 6.76. The van der Waals surface area contributed by atoms with Crippen molar-refractivity contribution >= 4 is 17.5 Å². The van der Waals surface area contributed by atoms with Crippen molar-refractivity contribution in [2.75, 3.05) is 20.3 Å². The van der Waals surface area contributed by atoms with Gasteiger partial charge in [-0.2, -0.15) is 0 Å². The van der Waals surface area contributed by atoms with Gasteiger partial charge in [0.25, 0.3) is 5.91 Å². The summed E-state index contributed by atoms with van der Waals surface area (Å²) in [5.74, 6) is -0.394. The number of hydrogen-bond donors (Lipinski definition) is 2. The average molecular weight is 298 g/mol. The number of carbonyl (C=O) groups is 1. The van der Waals surface area contributed by atoms with Gasteiger partial charge in [0, 0.05) is 24.1 Å². The summed E-state index contributed by atoms with van der Waals surface area (Å²) < 4.78 is 5.21. The van der Waals surface area contributed by atoms with E-state index in [1.807, 2.05) is 0 Å². The summed E-state index contributed by atoms with van der Waals surface area (Å²) in [7, 11) is 1.67.